The third kappa shape index (κ3) is 5.73. The van der Waals surface area contributed by atoms with Crippen molar-refractivity contribution in [1.29, 1.82) is 5.26 Å². The maximum Gasteiger partial charge on any atom is 0.175 e. The van der Waals surface area contributed by atoms with Crippen molar-refractivity contribution in [1.82, 2.24) is 4.90 Å². The largest absolute Gasteiger partial charge is 0.493 e. The Hall–Kier alpha value is -2.11. The molecule has 1 aliphatic heterocycles. The van der Waals surface area contributed by atoms with Crippen LogP contribution in [0.25, 0.3) is 0 Å². The van der Waals surface area contributed by atoms with E-state index < -0.39 is 15.9 Å². The topological polar surface area (TPSA) is 90.6 Å². The lowest BCUT2D eigenvalue weighted by Crippen LogP contribution is -2.27. The normalized spacial score (nSPS) is 20.6. The molecule has 0 spiro atoms. The van der Waals surface area contributed by atoms with Crippen molar-refractivity contribution < 1.29 is 18.3 Å². The molecule has 1 heterocycles. The zero-order valence-corrected chi connectivity index (χ0v) is 18.5. The minimum Gasteiger partial charge on any atom is -0.493 e. The van der Waals surface area contributed by atoms with Gasteiger partial charge in [0.1, 0.15) is 5.75 Å². The van der Waals surface area contributed by atoms with Crippen LogP contribution >= 0.6 is 11.6 Å². The van der Waals surface area contributed by atoms with Gasteiger partial charge in [0.2, 0.25) is 0 Å². The second kappa shape index (κ2) is 9.36. The van der Waals surface area contributed by atoms with Gasteiger partial charge in [0.05, 0.1) is 29.2 Å². The first-order valence-electron chi connectivity index (χ1n) is 9.69. The fraction of sp³-hybridized carbons (Fsp3) is 0.409. The molecule has 0 aliphatic carbocycles. The average Bonchev–Trinajstić information content (AvgIpc) is 3.04. The SMILES string of the molecule is C[C@@H]1CN(C[C@@H](O)c2cc(Cl)cc(C#N)c2)C[C@H]1COc1ccc(S(C)(=O)=O)cc1. The summed E-state index contributed by atoms with van der Waals surface area (Å²) in [5.41, 5.74) is 1.07. The van der Waals surface area contributed by atoms with Crippen LogP contribution in [0.2, 0.25) is 5.02 Å². The number of nitrogens with zero attached hydrogens (tertiary/aromatic N) is 2. The van der Waals surface area contributed by atoms with Gasteiger partial charge in [-0.15, -0.1) is 0 Å². The summed E-state index contributed by atoms with van der Waals surface area (Å²) in [7, 11) is -3.22. The highest BCUT2D eigenvalue weighted by Gasteiger charge is 2.31. The van der Waals surface area contributed by atoms with Crippen LogP contribution in [0.3, 0.4) is 0 Å². The van der Waals surface area contributed by atoms with Gasteiger partial charge < -0.3 is 9.84 Å². The summed E-state index contributed by atoms with van der Waals surface area (Å²) in [5, 5.41) is 20.1. The van der Waals surface area contributed by atoms with Crippen LogP contribution in [-0.2, 0) is 9.84 Å². The van der Waals surface area contributed by atoms with Gasteiger partial charge in [0, 0.05) is 36.8 Å². The number of hydrogen-bond acceptors (Lipinski definition) is 6. The molecule has 0 aromatic heterocycles. The quantitative estimate of drug-likeness (QED) is 0.698. The van der Waals surface area contributed by atoms with Gasteiger partial charge in [0.15, 0.2) is 9.84 Å². The molecule has 1 N–H and O–H groups in total. The van der Waals surface area contributed by atoms with E-state index in [-0.39, 0.29) is 4.90 Å². The number of ether oxygens (including phenoxy) is 1. The first kappa shape index (κ1) is 22.6. The van der Waals surface area contributed by atoms with E-state index in [1.165, 1.54) is 6.26 Å². The van der Waals surface area contributed by atoms with Crippen molar-refractivity contribution in [3.8, 4) is 11.8 Å². The molecular weight excluding hydrogens is 424 g/mol. The smallest absolute Gasteiger partial charge is 0.175 e. The van der Waals surface area contributed by atoms with Crippen molar-refractivity contribution in [2.24, 2.45) is 11.8 Å². The molecule has 0 radical (unpaired) electrons. The molecule has 1 saturated heterocycles. The zero-order chi connectivity index (χ0) is 21.9. The lowest BCUT2D eigenvalue weighted by Gasteiger charge is -2.21. The minimum atomic E-state index is -3.22. The van der Waals surface area contributed by atoms with Gasteiger partial charge in [-0.25, -0.2) is 8.42 Å². The van der Waals surface area contributed by atoms with Gasteiger partial charge in [-0.3, -0.25) is 4.90 Å². The molecule has 2 aromatic carbocycles. The van der Waals surface area contributed by atoms with Gasteiger partial charge in [-0.05, 0) is 53.9 Å². The number of benzene rings is 2. The lowest BCUT2D eigenvalue weighted by molar-refractivity contribution is 0.121. The molecule has 0 unspecified atom stereocenters. The Morgan fingerprint density at radius 2 is 1.97 bits per heavy atom. The molecule has 160 valence electrons. The predicted molar refractivity (Wildman–Crippen MR) is 115 cm³/mol. The van der Waals surface area contributed by atoms with Crippen LogP contribution in [0.5, 0.6) is 5.75 Å². The van der Waals surface area contributed by atoms with E-state index in [9.17, 15) is 13.5 Å². The van der Waals surface area contributed by atoms with Crippen molar-refractivity contribution in [2.75, 3.05) is 32.5 Å². The fourth-order valence-electron chi connectivity index (χ4n) is 3.71. The molecule has 0 bridgehead atoms. The summed E-state index contributed by atoms with van der Waals surface area (Å²) in [5.74, 6) is 1.32. The third-order valence-electron chi connectivity index (χ3n) is 5.42. The maximum absolute atomic E-state index is 11.5. The number of nitriles is 1. The Morgan fingerprint density at radius 1 is 1.27 bits per heavy atom. The van der Waals surface area contributed by atoms with E-state index in [4.69, 9.17) is 21.6 Å². The fourth-order valence-corrected chi connectivity index (χ4v) is 4.59. The predicted octanol–water partition coefficient (Wildman–Crippen LogP) is 3.30. The van der Waals surface area contributed by atoms with E-state index in [2.05, 4.69) is 17.9 Å². The van der Waals surface area contributed by atoms with Crippen LogP contribution in [0.1, 0.15) is 24.2 Å². The first-order chi connectivity index (χ1) is 14.2. The second-order valence-electron chi connectivity index (χ2n) is 7.91. The van der Waals surface area contributed by atoms with Crippen LogP contribution in [-0.4, -0.2) is 50.9 Å². The van der Waals surface area contributed by atoms with Crippen molar-refractivity contribution >= 4 is 21.4 Å². The second-order valence-corrected chi connectivity index (χ2v) is 10.4. The Kier molecular flexibility index (Phi) is 7.04. The Bertz CT molecular complexity index is 1030. The zero-order valence-electron chi connectivity index (χ0n) is 17.0. The number of likely N-dealkylation sites (tertiary alicyclic amines) is 1. The van der Waals surface area contributed by atoms with Gasteiger partial charge in [-0.2, -0.15) is 5.26 Å². The molecule has 3 rings (SSSR count). The standard InChI is InChI=1S/C22H25ClN2O4S/c1-15-11-25(13-22(26)17-7-16(10-24)8-19(23)9-17)12-18(15)14-29-20-3-5-21(6-4-20)30(2,27)28/h3-9,15,18,22,26H,11-14H2,1-2H3/t15-,18+,22-/m1/s1. The van der Waals surface area contributed by atoms with Crippen LogP contribution < -0.4 is 4.74 Å². The molecule has 0 amide bonds. The van der Waals surface area contributed by atoms with Crippen molar-refractivity contribution in [2.45, 2.75) is 17.9 Å². The molecule has 30 heavy (non-hydrogen) atoms. The molecule has 1 aliphatic rings. The molecule has 8 heteroatoms. The van der Waals surface area contributed by atoms with E-state index in [1.807, 2.05) is 0 Å². The highest BCUT2D eigenvalue weighted by atomic mass is 35.5. The number of sulfone groups is 1. The van der Waals surface area contributed by atoms with Crippen molar-refractivity contribution in [3.05, 3.63) is 58.6 Å². The Morgan fingerprint density at radius 3 is 2.60 bits per heavy atom. The number of β-amino-alcohol motifs (C(OH)–C–C–N with tert-alkyl or cyclic N) is 1. The molecule has 1 fully saturated rings. The number of aliphatic hydroxyl groups excluding tert-OH is 1. The Labute approximate surface area is 182 Å². The summed E-state index contributed by atoms with van der Waals surface area (Å²) in [6.07, 6.45) is 0.447. The summed E-state index contributed by atoms with van der Waals surface area (Å²) in [6.45, 7) is 4.74. The molecule has 2 aromatic rings. The highest BCUT2D eigenvalue weighted by molar-refractivity contribution is 7.90. The molecule has 6 nitrogen and oxygen atoms in total. The monoisotopic (exact) mass is 448 g/mol. The van der Waals surface area contributed by atoms with E-state index in [1.54, 1.807) is 42.5 Å². The van der Waals surface area contributed by atoms with Crippen molar-refractivity contribution in [3.63, 3.8) is 0 Å². The number of hydrogen-bond donors (Lipinski definition) is 1. The van der Waals surface area contributed by atoms with Crippen LogP contribution in [0.4, 0.5) is 0 Å². The van der Waals surface area contributed by atoms with E-state index in [0.717, 1.165) is 13.1 Å². The summed E-state index contributed by atoms with van der Waals surface area (Å²) >= 11 is 6.04. The lowest BCUT2D eigenvalue weighted by atomic mass is 9.99. The summed E-state index contributed by atoms with van der Waals surface area (Å²) in [4.78, 5) is 2.45. The molecule has 0 saturated carbocycles. The number of aliphatic hydroxyl groups is 1. The molecular formula is C22H25ClN2O4S. The van der Waals surface area contributed by atoms with E-state index in [0.29, 0.717) is 46.9 Å². The number of halogens is 1. The summed E-state index contributed by atoms with van der Waals surface area (Å²) < 4.78 is 29.0. The average molecular weight is 449 g/mol. The highest BCUT2D eigenvalue weighted by Crippen LogP contribution is 2.28. The number of rotatable bonds is 7. The third-order valence-corrected chi connectivity index (χ3v) is 6.77. The van der Waals surface area contributed by atoms with Crippen LogP contribution in [0, 0.1) is 23.2 Å². The minimum absolute atomic E-state index is 0.268. The van der Waals surface area contributed by atoms with E-state index >= 15 is 0 Å². The van der Waals surface area contributed by atoms with Crippen LogP contribution in [0.15, 0.2) is 47.4 Å². The first-order valence-corrected chi connectivity index (χ1v) is 12.0. The molecule has 3 atom stereocenters. The Balaban J connectivity index is 1.55. The van der Waals surface area contributed by atoms with Gasteiger partial charge >= 0.3 is 0 Å². The van der Waals surface area contributed by atoms with Gasteiger partial charge in [-0.1, -0.05) is 18.5 Å². The summed E-state index contributed by atoms with van der Waals surface area (Å²) in [6, 6.07) is 13.4. The van der Waals surface area contributed by atoms with Gasteiger partial charge in [0.25, 0.3) is 0 Å². The maximum atomic E-state index is 11.5.